The van der Waals surface area contributed by atoms with Crippen molar-refractivity contribution in [3.05, 3.63) is 18.2 Å². The van der Waals surface area contributed by atoms with Crippen LogP contribution in [0.15, 0.2) is 18.2 Å². The minimum absolute atomic E-state index is 0.118. The van der Waals surface area contributed by atoms with Crippen LogP contribution < -0.4 is 14.8 Å². The highest BCUT2D eigenvalue weighted by Crippen LogP contribution is 2.40. The molecule has 140 valence electrons. The highest BCUT2D eigenvalue weighted by molar-refractivity contribution is 5.91. The number of hydrogen-bond donors (Lipinski definition) is 2. The van der Waals surface area contributed by atoms with E-state index >= 15 is 0 Å². The van der Waals surface area contributed by atoms with Gasteiger partial charge in [0.15, 0.2) is 11.5 Å². The summed E-state index contributed by atoms with van der Waals surface area (Å²) in [7, 11) is 0. The number of nitrogens with one attached hydrogen (secondary N) is 1. The molecule has 2 N–H and O–H groups in total. The van der Waals surface area contributed by atoms with Crippen molar-refractivity contribution < 1.29 is 24.2 Å². The first-order valence-electron chi connectivity index (χ1n) is 9.30. The maximum absolute atomic E-state index is 12.3. The molecule has 2 fully saturated rings. The maximum Gasteiger partial charge on any atom is 0.320 e. The molecule has 7 heteroatoms. The molecule has 3 aliphatic rings. The van der Waals surface area contributed by atoms with Crippen molar-refractivity contribution in [2.24, 2.45) is 5.92 Å². The van der Waals surface area contributed by atoms with E-state index in [-0.39, 0.29) is 19.1 Å². The fourth-order valence-electron chi connectivity index (χ4n) is 4.55. The maximum atomic E-state index is 12.3. The molecule has 1 aliphatic carbocycles. The van der Waals surface area contributed by atoms with Crippen molar-refractivity contribution in [3.8, 4) is 11.5 Å². The summed E-state index contributed by atoms with van der Waals surface area (Å²) in [6.45, 7) is 0.676. The average molecular weight is 360 g/mol. The zero-order valence-corrected chi connectivity index (χ0v) is 14.6. The van der Waals surface area contributed by atoms with Gasteiger partial charge in [0, 0.05) is 30.8 Å². The van der Waals surface area contributed by atoms with Crippen molar-refractivity contribution in [1.82, 2.24) is 4.90 Å². The van der Waals surface area contributed by atoms with Gasteiger partial charge in [-0.2, -0.15) is 0 Å². The minimum Gasteiger partial charge on any atom is -0.480 e. The number of aliphatic carboxylic acids is 1. The van der Waals surface area contributed by atoms with E-state index < -0.39 is 12.0 Å². The van der Waals surface area contributed by atoms with Crippen LogP contribution >= 0.6 is 0 Å². The third-order valence-electron chi connectivity index (χ3n) is 5.76. The Morgan fingerprint density at radius 1 is 1.19 bits per heavy atom. The van der Waals surface area contributed by atoms with Gasteiger partial charge in [0.25, 0.3) is 0 Å². The Hall–Kier alpha value is -2.28. The summed E-state index contributed by atoms with van der Waals surface area (Å²) in [5.74, 6) is 0.871. The molecular formula is C19H24N2O5. The summed E-state index contributed by atoms with van der Waals surface area (Å²) in [6, 6.07) is 5.14. The molecule has 1 amide bonds. The number of anilines is 1. The standard InChI is InChI=1S/C19H24N2O5/c22-18(20-13-5-6-16-17(10-13)26-11-25-16)7-8-21-14-4-2-1-3-12(14)9-15(21)19(23)24/h5-6,10,12,14-15H,1-4,7-9,11H2,(H,20,22)(H,23,24). The van der Waals surface area contributed by atoms with Gasteiger partial charge in [0.1, 0.15) is 6.04 Å². The van der Waals surface area contributed by atoms with Gasteiger partial charge in [0.05, 0.1) is 0 Å². The Labute approximate surface area is 152 Å². The molecule has 7 nitrogen and oxygen atoms in total. The van der Waals surface area contributed by atoms with E-state index in [2.05, 4.69) is 5.32 Å². The quantitative estimate of drug-likeness (QED) is 0.839. The summed E-state index contributed by atoms with van der Waals surface area (Å²) in [5.41, 5.74) is 0.658. The molecule has 1 aromatic carbocycles. The number of rotatable bonds is 5. The Kier molecular flexibility index (Phi) is 4.72. The summed E-state index contributed by atoms with van der Waals surface area (Å²) >= 11 is 0. The first kappa shape index (κ1) is 17.1. The smallest absolute Gasteiger partial charge is 0.320 e. The van der Waals surface area contributed by atoms with E-state index in [1.807, 2.05) is 4.90 Å². The van der Waals surface area contributed by atoms with Crippen LogP contribution in [0, 0.1) is 5.92 Å². The molecule has 1 aromatic rings. The SMILES string of the molecule is O=C(CCN1C(C(=O)O)CC2CCCCC21)Nc1ccc2c(c1)OCO2. The van der Waals surface area contributed by atoms with Crippen LogP contribution in [0.1, 0.15) is 38.5 Å². The van der Waals surface area contributed by atoms with E-state index in [1.165, 1.54) is 6.42 Å². The third kappa shape index (κ3) is 3.35. The van der Waals surface area contributed by atoms with Crippen LogP contribution in [0.3, 0.4) is 0 Å². The molecule has 0 aromatic heterocycles. The first-order chi connectivity index (χ1) is 12.6. The van der Waals surface area contributed by atoms with Gasteiger partial charge in [0.2, 0.25) is 12.7 Å². The molecule has 4 rings (SSSR count). The second kappa shape index (κ2) is 7.15. The van der Waals surface area contributed by atoms with Gasteiger partial charge in [-0.15, -0.1) is 0 Å². The van der Waals surface area contributed by atoms with Gasteiger partial charge in [-0.05, 0) is 37.3 Å². The number of hydrogen-bond acceptors (Lipinski definition) is 5. The molecule has 1 saturated heterocycles. The van der Waals surface area contributed by atoms with Gasteiger partial charge in [-0.25, -0.2) is 0 Å². The Morgan fingerprint density at radius 3 is 2.85 bits per heavy atom. The van der Waals surface area contributed by atoms with Crippen molar-refractivity contribution in [2.45, 2.75) is 50.6 Å². The van der Waals surface area contributed by atoms with E-state index in [9.17, 15) is 14.7 Å². The number of fused-ring (bicyclic) bond motifs is 2. The van der Waals surface area contributed by atoms with Crippen molar-refractivity contribution in [2.75, 3.05) is 18.7 Å². The number of carboxylic acid groups (broad SMARTS) is 1. The lowest BCUT2D eigenvalue weighted by atomic mass is 9.85. The predicted molar refractivity (Wildman–Crippen MR) is 94.3 cm³/mol. The number of carboxylic acids is 1. The van der Waals surface area contributed by atoms with Gasteiger partial charge < -0.3 is 19.9 Å². The lowest BCUT2D eigenvalue weighted by molar-refractivity contribution is -0.143. The van der Waals surface area contributed by atoms with Crippen LogP contribution in [0.25, 0.3) is 0 Å². The molecule has 0 radical (unpaired) electrons. The molecule has 1 saturated carbocycles. The average Bonchev–Trinajstić information content (AvgIpc) is 3.24. The van der Waals surface area contributed by atoms with Crippen LogP contribution in [-0.2, 0) is 9.59 Å². The number of ether oxygens (including phenoxy) is 2. The number of amides is 1. The fourth-order valence-corrected chi connectivity index (χ4v) is 4.55. The fraction of sp³-hybridized carbons (Fsp3) is 0.579. The molecule has 2 aliphatic heterocycles. The number of carbonyl (C=O) groups is 2. The summed E-state index contributed by atoms with van der Waals surface area (Å²) in [5, 5.41) is 12.4. The molecule has 26 heavy (non-hydrogen) atoms. The van der Waals surface area contributed by atoms with Crippen LogP contribution in [0.2, 0.25) is 0 Å². The Morgan fingerprint density at radius 2 is 2.00 bits per heavy atom. The monoisotopic (exact) mass is 360 g/mol. The van der Waals surface area contributed by atoms with Gasteiger partial charge >= 0.3 is 5.97 Å². The summed E-state index contributed by atoms with van der Waals surface area (Å²) in [6.07, 6.45) is 5.47. The molecule has 0 bridgehead atoms. The lowest BCUT2D eigenvalue weighted by Gasteiger charge is -2.32. The number of nitrogens with zero attached hydrogens (tertiary/aromatic N) is 1. The normalized spacial score (nSPS) is 27.2. The van der Waals surface area contributed by atoms with Crippen LogP contribution in [0.4, 0.5) is 5.69 Å². The topological polar surface area (TPSA) is 88.1 Å². The van der Waals surface area contributed by atoms with Crippen LogP contribution in [0.5, 0.6) is 11.5 Å². The molecular weight excluding hydrogens is 336 g/mol. The van der Waals surface area contributed by atoms with E-state index in [0.29, 0.717) is 42.1 Å². The zero-order valence-electron chi connectivity index (χ0n) is 14.6. The molecule has 2 heterocycles. The molecule has 3 atom stereocenters. The molecule has 3 unspecified atom stereocenters. The van der Waals surface area contributed by atoms with E-state index in [4.69, 9.17) is 9.47 Å². The summed E-state index contributed by atoms with van der Waals surface area (Å²) in [4.78, 5) is 26.0. The second-order valence-electron chi connectivity index (χ2n) is 7.31. The minimum atomic E-state index is -0.768. The van der Waals surface area contributed by atoms with Crippen molar-refractivity contribution in [3.63, 3.8) is 0 Å². The highest BCUT2D eigenvalue weighted by atomic mass is 16.7. The first-order valence-corrected chi connectivity index (χ1v) is 9.30. The third-order valence-corrected chi connectivity index (χ3v) is 5.76. The molecule has 0 spiro atoms. The predicted octanol–water partition coefficient (Wildman–Crippen LogP) is 2.46. The zero-order chi connectivity index (χ0) is 18.1. The van der Waals surface area contributed by atoms with Crippen LogP contribution in [-0.4, -0.2) is 47.3 Å². The largest absolute Gasteiger partial charge is 0.480 e. The van der Waals surface area contributed by atoms with Crippen molar-refractivity contribution >= 4 is 17.6 Å². The van der Waals surface area contributed by atoms with Crippen molar-refractivity contribution in [1.29, 1.82) is 0 Å². The van der Waals surface area contributed by atoms with E-state index in [0.717, 1.165) is 19.3 Å². The second-order valence-corrected chi connectivity index (χ2v) is 7.31. The Bertz CT molecular complexity index is 707. The van der Waals surface area contributed by atoms with Gasteiger partial charge in [-0.1, -0.05) is 12.8 Å². The van der Waals surface area contributed by atoms with E-state index in [1.54, 1.807) is 18.2 Å². The highest BCUT2D eigenvalue weighted by Gasteiger charge is 2.44. The number of carbonyl (C=O) groups excluding carboxylic acids is 1. The number of benzene rings is 1. The van der Waals surface area contributed by atoms with Gasteiger partial charge in [-0.3, -0.25) is 14.5 Å². The number of likely N-dealkylation sites (tertiary alicyclic amines) is 1. The summed E-state index contributed by atoms with van der Waals surface area (Å²) < 4.78 is 10.6. The Balaban J connectivity index is 1.36. The lowest BCUT2D eigenvalue weighted by Crippen LogP contribution is -2.43.